The topological polar surface area (TPSA) is 83.7 Å². The molecule has 1 unspecified atom stereocenters. The Kier molecular flexibility index (Phi) is 5.46. The van der Waals surface area contributed by atoms with Gasteiger partial charge in [0.2, 0.25) is 15.9 Å². The third-order valence-corrected chi connectivity index (χ3v) is 6.46. The second-order valence-electron chi connectivity index (χ2n) is 6.06. The summed E-state index contributed by atoms with van der Waals surface area (Å²) in [5, 5.41) is 3.68. The number of hydrogen-bond acceptors (Lipinski definition) is 5. The van der Waals surface area contributed by atoms with Gasteiger partial charge in [-0.1, -0.05) is 12.1 Å². The molecule has 1 aromatic rings. The van der Waals surface area contributed by atoms with Gasteiger partial charge < -0.3 is 9.42 Å². The van der Waals surface area contributed by atoms with Crippen LogP contribution in [-0.4, -0.2) is 54.9 Å². The van der Waals surface area contributed by atoms with Crippen molar-refractivity contribution in [3.05, 3.63) is 11.5 Å². The Morgan fingerprint density at radius 3 is 2.65 bits per heavy atom. The fourth-order valence-corrected chi connectivity index (χ4v) is 4.52. The van der Waals surface area contributed by atoms with E-state index in [1.54, 1.807) is 13.8 Å². The molecule has 23 heavy (non-hydrogen) atoms. The largest absolute Gasteiger partial charge is 0.360 e. The Bertz CT molecular complexity index is 649. The monoisotopic (exact) mass is 343 g/mol. The molecule has 0 saturated carbocycles. The van der Waals surface area contributed by atoms with E-state index in [0.717, 1.165) is 30.0 Å². The maximum absolute atomic E-state index is 12.7. The summed E-state index contributed by atoms with van der Waals surface area (Å²) in [5.41, 5.74) is 0.311. The van der Waals surface area contributed by atoms with Crippen molar-refractivity contribution in [2.24, 2.45) is 0 Å². The second-order valence-corrected chi connectivity index (χ2v) is 8.04. The van der Waals surface area contributed by atoms with Crippen LogP contribution in [0.1, 0.15) is 44.1 Å². The molecule has 0 aromatic carbocycles. The number of likely N-dealkylation sites (tertiary alicyclic amines) is 1. The van der Waals surface area contributed by atoms with E-state index >= 15 is 0 Å². The van der Waals surface area contributed by atoms with Crippen molar-refractivity contribution < 1.29 is 17.7 Å². The minimum atomic E-state index is -3.79. The molecule has 0 spiro atoms. The van der Waals surface area contributed by atoms with Gasteiger partial charge >= 0.3 is 0 Å². The number of carbonyl (C=O) groups is 1. The van der Waals surface area contributed by atoms with Crippen LogP contribution < -0.4 is 0 Å². The molecule has 1 aliphatic heterocycles. The third-order valence-electron chi connectivity index (χ3n) is 4.41. The summed E-state index contributed by atoms with van der Waals surface area (Å²) in [4.78, 5) is 14.4. The molecular formula is C15H25N3O4S. The lowest BCUT2D eigenvalue weighted by Crippen LogP contribution is -2.48. The Labute approximate surface area is 137 Å². The van der Waals surface area contributed by atoms with Crippen LogP contribution in [0.3, 0.4) is 0 Å². The SMILES string of the molecule is CCC1CCCCN1C(=O)CN(C)S(=O)(=O)c1c(C)noc1C. The quantitative estimate of drug-likeness (QED) is 0.812. The number of sulfonamides is 1. The van der Waals surface area contributed by atoms with Crippen molar-refractivity contribution in [3.63, 3.8) is 0 Å². The molecule has 2 rings (SSSR count). The first-order chi connectivity index (χ1) is 10.8. The summed E-state index contributed by atoms with van der Waals surface area (Å²) in [6.45, 7) is 5.73. The van der Waals surface area contributed by atoms with Gasteiger partial charge in [0.15, 0.2) is 5.76 Å². The van der Waals surface area contributed by atoms with E-state index in [1.165, 1.54) is 7.05 Å². The Hall–Kier alpha value is -1.41. The predicted molar refractivity (Wildman–Crippen MR) is 85.4 cm³/mol. The van der Waals surface area contributed by atoms with E-state index in [-0.39, 0.29) is 29.1 Å². The molecule has 7 nitrogen and oxygen atoms in total. The zero-order chi connectivity index (χ0) is 17.2. The molecule has 1 aliphatic rings. The Morgan fingerprint density at radius 2 is 2.09 bits per heavy atom. The number of carbonyl (C=O) groups excluding carboxylic acids is 1. The summed E-state index contributed by atoms with van der Waals surface area (Å²) in [6, 6.07) is 0.214. The highest BCUT2D eigenvalue weighted by atomic mass is 32.2. The minimum absolute atomic E-state index is 0.0542. The van der Waals surface area contributed by atoms with Gasteiger partial charge in [-0.25, -0.2) is 8.42 Å². The summed E-state index contributed by atoms with van der Waals surface area (Å²) in [7, 11) is -2.36. The zero-order valence-corrected chi connectivity index (χ0v) is 15.0. The normalized spacial score (nSPS) is 19.3. The highest BCUT2D eigenvalue weighted by molar-refractivity contribution is 7.89. The predicted octanol–water partition coefficient (Wildman–Crippen LogP) is 1.70. The van der Waals surface area contributed by atoms with Gasteiger partial charge in [-0.15, -0.1) is 0 Å². The first kappa shape index (κ1) is 17.9. The summed E-state index contributed by atoms with van der Waals surface area (Å²) < 4.78 is 31.3. The molecule has 1 amide bonds. The minimum Gasteiger partial charge on any atom is -0.360 e. The van der Waals surface area contributed by atoms with Crippen molar-refractivity contribution in [1.29, 1.82) is 0 Å². The number of nitrogens with zero attached hydrogens (tertiary/aromatic N) is 3. The summed E-state index contributed by atoms with van der Waals surface area (Å²) >= 11 is 0. The van der Waals surface area contributed by atoms with Crippen LogP contribution in [0.2, 0.25) is 0 Å². The van der Waals surface area contributed by atoms with E-state index < -0.39 is 10.0 Å². The molecule has 0 radical (unpaired) electrons. The highest BCUT2D eigenvalue weighted by Gasteiger charge is 2.32. The van der Waals surface area contributed by atoms with Crippen LogP contribution in [0.15, 0.2) is 9.42 Å². The second kappa shape index (κ2) is 7.00. The molecule has 1 aromatic heterocycles. The van der Waals surface area contributed by atoms with E-state index in [9.17, 15) is 13.2 Å². The Morgan fingerprint density at radius 1 is 1.39 bits per heavy atom. The van der Waals surface area contributed by atoms with Crippen LogP contribution in [0.5, 0.6) is 0 Å². The standard InChI is InChI=1S/C15H25N3O4S/c1-5-13-8-6-7-9-18(13)14(19)10-17(4)23(20,21)15-11(2)16-22-12(15)3/h13H,5-10H2,1-4H3. The van der Waals surface area contributed by atoms with Gasteiger partial charge in [-0.2, -0.15) is 4.31 Å². The fraction of sp³-hybridized carbons (Fsp3) is 0.733. The van der Waals surface area contributed by atoms with E-state index in [2.05, 4.69) is 12.1 Å². The molecule has 130 valence electrons. The molecule has 0 N–H and O–H groups in total. The molecule has 8 heteroatoms. The smallest absolute Gasteiger partial charge is 0.248 e. The lowest BCUT2D eigenvalue weighted by molar-refractivity contribution is -0.134. The highest BCUT2D eigenvalue weighted by Crippen LogP contribution is 2.23. The van der Waals surface area contributed by atoms with Gasteiger partial charge in [0, 0.05) is 19.6 Å². The first-order valence-electron chi connectivity index (χ1n) is 7.97. The van der Waals surface area contributed by atoms with Crippen LogP contribution in [0.25, 0.3) is 0 Å². The molecule has 1 fully saturated rings. The van der Waals surface area contributed by atoms with Crippen LogP contribution >= 0.6 is 0 Å². The fourth-order valence-electron chi connectivity index (χ4n) is 3.12. The van der Waals surface area contributed by atoms with Gasteiger partial charge in [0.25, 0.3) is 0 Å². The van der Waals surface area contributed by atoms with Gasteiger partial charge in [-0.3, -0.25) is 4.79 Å². The molecule has 1 atom stereocenters. The van der Waals surface area contributed by atoms with Crippen LogP contribution in [0.4, 0.5) is 0 Å². The van der Waals surface area contributed by atoms with Crippen LogP contribution in [-0.2, 0) is 14.8 Å². The molecule has 2 heterocycles. The van der Waals surface area contributed by atoms with Gasteiger partial charge in [0.1, 0.15) is 10.6 Å². The van der Waals surface area contributed by atoms with Crippen molar-refractivity contribution >= 4 is 15.9 Å². The maximum atomic E-state index is 12.7. The zero-order valence-electron chi connectivity index (χ0n) is 14.2. The number of rotatable bonds is 5. The number of aryl methyl sites for hydroxylation is 2. The van der Waals surface area contributed by atoms with Crippen molar-refractivity contribution in [3.8, 4) is 0 Å². The van der Waals surface area contributed by atoms with Crippen molar-refractivity contribution in [2.45, 2.75) is 57.4 Å². The van der Waals surface area contributed by atoms with E-state index in [4.69, 9.17) is 4.52 Å². The van der Waals surface area contributed by atoms with Gasteiger partial charge in [0.05, 0.1) is 6.54 Å². The molecule has 1 saturated heterocycles. The number of likely N-dealkylation sites (N-methyl/N-ethyl adjacent to an activating group) is 1. The lowest BCUT2D eigenvalue weighted by atomic mass is 10.00. The first-order valence-corrected chi connectivity index (χ1v) is 9.41. The van der Waals surface area contributed by atoms with Crippen molar-refractivity contribution in [1.82, 2.24) is 14.4 Å². The van der Waals surface area contributed by atoms with E-state index in [1.807, 2.05) is 4.90 Å². The summed E-state index contributed by atoms with van der Waals surface area (Å²) in [6.07, 6.45) is 3.98. The molecule has 0 aliphatic carbocycles. The number of aromatic nitrogens is 1. The number of hydrogen-bond donors (Lipinski definition) is 0. The third kappa shape index (κ3) is 3.58. The average Bonchev–Trinajstić information content (AvgIpc) is 2.86. The van der Waals surface area contributed by atoms with Gasteiger partial charge in [-0.05, 0) is 39.5 Å². The van der Waals surface area contributed by atoms with Crippen LogP contribution in [0, 0.1) is 13.8 Å². The average molecular weight is 343 g/mol. The Balaban J connectivity index is 2.14. The van der Waals surface area contributed by atoms with Crippen molar-refractivity contribution in [2.75, 3.05) is 20.1 Å². The molecule has 0 bridgehead atoms. The summed E-state index contributed by atoms with van der Waals surface area (Å²) in [5.74, 6) is 0.0978. The number of piperidine rings is 1. The number of amides is 1. The maximum Gasteiger partial charge on any atom is 0.248 e. The van der Waals surface area contributed by atoms with E-state index in [0.29, 0.717) is 12.2 Å². The molecular weight excluding hydrogens is 318 g/mol. The lowest BCUT2D eigenvalue weighted by Gasteiger charge is -2.36.